The normalized spacial score (nSPS) is 26.9. The van der Waals surface area contributed by atoms with E-state index < -0.39 is 6.04 Å². The van der Waals surface area contributed by atoms with E-state index in [1.54, 1.807) is 13.2 Å². The number of ketones is 2. The first-order chi connectivity index (χ1) is 8.85. The zero-order valence-electron chi connectivity index (χ0n) is 12.1. The summed E-state index contributed by atoms with van der Waals surface area (Å²) in [5.41, 5.74) is 0. The van der Waals surface area contributed by atoms with E-state index >= 15 is 0 Å². The number of amides is 1. The van der Waals surface area contributed by atoms with Gasteiger partial charge in [-0.1, -0.05) is 13.0 Å². The van der Waals surface area contributed by atoms with Crippen LogP contribution in [-0.2, 0) is 51.9 Å². The van der Waals surface area contributed by atoms with Crippen LogP contribution in [0.5, 0.6) is 0 Å². The minimum atomic E-state index is -0.666. The van der Waals surface area contributed by atoms with Crippen LogP contribution in [0.4, 0.5) is 0 Å². The van der Waals surface area contributed by atoms with Crippen LogP contribution in [-0.4, -0.2) is 29.8 Å². The molecule has 109 valence electrons. The Bertz CT molecular complexity index is 375. The molecule has 1 radical (unpaired) electrons. The molecule has 0 heterocycles. The van der Waals surface area contributed by atoms with Crippen molar-refractivity contribution in [3.8, 4) is 0 Å². The fraction of sp³-hybridized carbons (Fsp3) is 0.714. The van der Waals surface area contributed by atoms with Gasteiger partial charge in [-0.25, -0.2) is 6.29 Å². The fourth-order valence-corrected chi connectivity index (χ4v) is 2.56. The van der Waals surface area contributed by atoms with Gasteiger partial charge in [0.15, 0.2) is 0 Å². The van der Waals surface area contributed by atoms with Crippen molar-refractivity contribution >= 4 is 23.8 Å². The minimum Gasteiger partial charge on any atom is -0.540 e. The van der Waals surface area contributed by atoms with E-state index in [1.165, 1.54) is 13.8 Å². The van der Waals surface area contributed by atoms with Gasteiger partial charge in [0.2, 0.25) is 5.91 Å². The van der Waals surface area contributed by atoms with E-state index in [0.717, 1.165) is 0 Å². The second kappa shape index (κ2) is 8.78. The molecule has 1 aliphatic rings. The molecule has 1 rings (SSSR count). The third kappa shape index (κ3) is 5.53. The summed E-state index contributed by atoms with van der Waals surface area (Å²) >= 11 is 0. The van der Waals surface area contributed by atoms with Crippen molar-refractivity contribution in [2.75, 3.05) is 0 Å². The van der Waals surface area contributed by atoms with Gasteiger partial charge in [-0.2, -0.15) is 0 Å². The first kappa shape index (κ1) is 19.6. The number of rotatable bonds is 5. The van der Waals surface area contributed by atoms with Crippen molar-refractivity contribution in [1.82, 2.24) is 5.32 Å². The van der Waals surface area contributed by atoms with Crippen LogP contribution in [0, 0.1) is 17.8 Å². The zero-order valence-corrected chi connectivity index (χ0v) is 15.0. The minimum absolute atomic E-state index is 0. The largest absolute Gasteiger partial charge is 0.540 e. The SMILES string of the molecule is CC(=O)[C@@H]1CC(C(=O)NC(C)[C-]=O)C[C@H](C(C)=O)C1.[Y]. The Morgan fingerprint density at radius 2 is 1.40 bits per heavy atom. The molecule has 0 saturated heterocycles. The Kier molecular flexibility index (Phi) is 8.60. The number of carbonyl (C=O) groups is 3. The van der Waals surface area contributed by atoms with E-state index in [4.69, 9.17) is 0 Å². The van der Waals surface area contributed by atoms with Gasteiger partial charge in [-0.3, -0.25) is 14.4 Å². The summed E-state index contributed by atoms with van der Waals surface area (Å²) in [4.78, 5) is 45.4. The number of carbonyl (C=O) groups excluding carboxylic acids is 4. The third-order valence-corrected chi connectivity index (χ3v) is 3.76. The molecule has 0 aromatic heterocycles. The van der Waals surface area contributed by atoms with Crippen LogP contribution in [0.15, 0.2) is 0 Å². The first-order valence-corrected chi connectivity index (χ1v) is 6.54. The monoisotopic (exact) mass is 355 g/mol. The van der Waals surface area contributed by atoms with Crippen LogP contribution in [0.3, 0.4) is 0 Å². The molecule has 20 heavy (non-hydrogen) atoms. The summed E-state index contributed by atoms with van der Waals surface area (Å²) in [7, 11) is 0. The van der Waals surface area contributed by atoms with Crippen LogP contribution < -0.4 is 5.32 Å². The predicted octanol–water partition coefficient (Wildman–Crippen LogP) is 0.809. The molecule has 1 amide bonds. The zero-order chi connectivity index (χ0) is 14.6. The molecular formula is C14H20NO4Y-. The Balaban J connectivity index is 0.00000361. The molecule has 1 aliphatic carbocycles. The second-order valence-electron chi connectivity index (χ2n) is 5.37. The number of hydrogen-bond donors (Lipinski definition) is 1. The Labute approximate surface area is 144 Å². The number of Topliss-reactive ketones (excluding diaryl/α,β-unsaturated/α-hetero) is 2. The van der Waals surface area contributed by atoms with Gasteiger partial charge in [0, 0.05) is 50.5 Å². The molecule has 1 N–H and O–H groups in total. The number of nitrogens with one attached hydrogen (secondary N) is 1. The molecule has 6 heteroatoms. The van der Waals surface area contributed by atoms with E-state index in [-0.39, 0.29) is 67.9 Å². The summed E-state index contributed by atoms with van der Waals surface area (Å²) in [6, 6.07) is -0.666. The fourth-order valence-electron chi connectivity index (χ4n) is 2.56. The quantitative estimate of drug-likeness (QED) is 0.740. The molecule has 0 aliphatic heterocycles. The van der Waals surface area contributed by atoms with Crippen molar-refractivity contribution in [2.24, 2.45) is 17.8 Å². The second-order valence-corrected chi connectivity index (χ2v) is 5.37. The molecule has 0 aromatic rings. The Morgan fingerprint density at radius 1 is 1.00 bits per heavy atom. The van der Waals surface area contributed by atoms with Gasteiger partial charge >= 0.3 is 0 Å². The number of hydrogen-bond acceptors (Lipinski definition) is 4. The molecule has 0 aromatic carbocycles. The average molecular weight is 355 g/mol. The van der Waals surface area contributed by atoms with Gasteiger partial charge in [0.05, 0.1) is 0 Å². The van der Waals surface area contributed by atoms with E-state index in [0.29, 0.717) is 19.3 Å². The molecule has 0 spiro atoms. The summed E-state index contributed by atoms with van der Waals surface area (Å²) in [6.07, 6.45) is 3.13. The van der Waals surface area contributed by atoms with Crippen LogP contribution in [0.1, 0.15) is 40.0 Å². The molecule has 1 fully saturated rings. The van der Waals surface area contributed by atoms with Gasteiger partial charge in [0.25, 0.3) is 0 Å². The van der Waals surface area contributed by atoms with Crippen molar-refractivity contribution < 1.29 is 51.9 Å². The van der Waals surface area contributed by atoms with E-state index in [9.17, 15) is 19.2 Å². The summed E-state index contributed by atoms with van der Waals surface area (Å²) in [5, 5.41) is 2.53. The molecule has 0 bridgehead atoms. The maximum Gasteiger partial charge on any atom is 0.221 e. The molecule has 2 unspecified atom stereocenters. The average Bonchev–Trinajstić information content (AvgIpc) is 2.37. The van der Waals surface area contributed by atoms with Crippen molar-refractivity contribution in [2.45, 2.75) is 46.1 Å². The summed E-state index contributed by atoms with van der Waals surface area (Å²) in [6.45, 7) is 4.52. The smallest absolute Gasteiger partial charge is 0.221 e. The first-order valence-electron chi connectivity index (χ1n) is 6.54. The molecular weight excluding hydrogens is 335 g/mol. The predicted molar refractivity (Wildman–Crippen MR) is 69.0 cm³/mol. The van der Waals surface area contributed by atoms with E-state index in [2.05, 4.69) is 5.32 Å². The van der Waals surface area contributed by atoms with Crippen molar-refractivity contribution in [3.63, 3.8) is 0 Å². The topological polar surface area (TPSA) is 80.3 Å². The van der Waals surface area contributed by atoms with Gasteiger partial charge in [-0.05, 0) is 33.1 Å². The molecule has 1 saturated carbocycles. The maximum absolute atomic E-state index is 12.0. The Morgan fingerprint density at radius 3 is 1.75 bits per heavy atom. The standard InChI is InChI=1S/C14H20NO4.Y/c1-8(7-16)15-14(19)13-5-11(9(2)17)4-12(6-13)10(3)18;/h8,11-13H,4-6H2,1-3H3,(H,15,19);/q-1;/t8?,11-,12+,13?;. The van der Waals surface area contributed by atoms with Crippen LogP contribution in [0.25, 0.3) is 0 Å². The van der Waals surface area contributed by atoms with Crippen LogP contribution >= 0.6 is 0 Å². The van der Waals surface area contributed by atoms with Crippen molar-refractivity contribution in [1.29, 1.82) is 0 Å². The van der Waals surface area contributed by atoms with Gasteiger partial charge < -0.3 is 10.1 Å². The molecule has 4 atom stereocenters. The summed E-state index contributed by atoms with van der Waals surface area (Å²) in [5.74, 6) is -1.11. The summed E-state index contributed by atoms with van der Waals surface area (Å²) < 4.78 is 0. The molecule has 5 nitrogen and oxygen atoms in total. The maximum atomic E-state index is 12.0. The Hall–Kier alpha value is -0.416. The van der Waals surface area contributed by atoms with Crippen LogP contribution in [0.2, 0.25) is 0 Å². The van der Waals surface area contributed by atoms with Gasteiger partial charge in [0.1, 0.15) is 11.6 Å². The third-order valence-electron chi connectivity index (χ3n) is 3.76. The van der Waals surface area contributed by atoms with E-state index in [1.807, 2.05) is 0 Å². The van der Waals surface area contributed by atoms with Crippen molar-refractivity contribution in [3.05, 3.63) is 0 Å². The van der Waals surface area contributed by atoms with Gasteiger partial charge in [-0.15, -0.1) is 0 Å².